The van der Waals surface area contributed by atoms with Gasteiger partial charge in [-0.2, -0.15) is 21.6 Å². The van der Waals surface area contributed by atoms with Crippen molar-refractivity contribution in [2.24, 2.45) is 0 Å². The van der Waals surface area contributed by atoms with E-state index in [1.807, 2.05) is 71.4 Å². The Morgan fingerprint density at radius 2 is 1.74 bits per heavy atom. The Hall–Kier alpha value is -5.22. The van der Waals surface area contributed by atoms with Crippen LogP contribution in [0, 0.1) is 0 Å². The van der Waals surface area contributed by atoms with Gasteiger partial charge >= 0.3 is 22.4 Å². The maximum atomic E-state index is 12.3. The standard InChI is InChI=1S/C28H25N7O3S.C2HF3O2/c1-33-25-16-20(7-11-24(25)32-39(33,36)37)26-17-29-27(34-12-14-38-15-13-34)28-31-22(18-35(26)28)10-9-21-8-6-19-4-2-3-5-23(19)30-21;3-2(4,5)1(6)7/h2-11,16-18,32H,12-15H2,1H3;(H,6,7)/b10-9+;. The van der Waals surface area contributed by atoms with Crippen molar-refractivity contribution in [1.29, 1.82) is 0 Å². The van der Waals surface area contributed by atoms with Crippen LogP contribution in [-0.4, -0.2) is 78.4 Å². The van der Waals surface area contributed by atoms with Crippen molar-refractivity contribution in [2.75, 3.05) is 47.3 Å². The summed E-state index contributed by atoms with van der Waals surface area (Å²) in [4.78, 5) is 25.6. The normalized spacial score (nSPS) is 15.9. The van der Waals surface area contributed by atoms with Crippen molar-refractivity contribution in [2.45, 2.75) is 6.18 Å². The molecular formula is C30H26F3N7O5S. The molecule has 3 aromatic heterocycles. The molecule has 5 heterocycles. The highest BCUT2D eigenvalue weighted by molar-refractivity contribution is 7.94. The minimum atomic E-state index is -5.08. The first-order valence-electron chi connectivity index (χ1n) is 13.9. The number of rotatable bonds is 4. The van der Waals surface area contributed by atoms with Crippen molar-refractivity contribution in [3.05, 3.63) is 78.4 Å². The van der Waals surface area contributed by atoms with Crippen LogP contribution >= 0.6 is 0 Å². The minimum Gasteiger partial charge on any atom is -0.475 e. The molecule has 16 heteroatoms. The quantitative estimate of drug-likeness (QED) is 0.283. The molecule has 1 fully saturated rings. The molecule has 7 rings (SSSR count). The average molecular weight is 654 g/mol. The largest absolute Gasteiger partial charge is 0.490 e. The first-order chi connectivity index (χ1) is 21.9. The number of benzene rings is 2. The fourth-order valence-corrected chi connectivity index (χ4v) is 5.99. The molecule has 1 saturated heterocycles. The fourth-order valence-electron chi connectivity index (χ4n) is 4.99. The SMILES string of the molecule is CN1c2cc(-c3cnc(N4CCOCC4)c4nc(/C=C/c5ccc6ccccc6n5)cn34)ccc2NS1(=O)=O.O=C(O)C(F)(F)F. The molecule has 46 heavy (non-hydrogen) atoms. The van der Waals surface area contributed by atoms with Crippen LogP contribution in [-0.2, 0) is 19.7 Å². The van der Waals surface area contributed by atoms with Crippen LogP contribution in [0.1, 0.15) is 11.4 Å². The lowest BCUT2D eigenvalue weighted by Gasteiger charge is -2.28. The molecule has 0 unspecified atom stereocenters. The molecule has 0 amide bonds. The summed E-state index contributed by atoms with van der Waals surface area (Å²) < 4.78 is 67.8. The molecule has 5 aromatic rings. The van der Waals surface area contributed by atoms with Gasteiger partial charge in [-0.25, -0.2) is 19.7 Å². The summed E-state index contributed by atoms with van der Waals surface area (Å²) in [6.45, 7) is 2.73. The zero-order valence-corrected chi connectivity index (χ0v) is 25.0. The van der Waals surface area contributed by atoms with E-state index in [0.29, 0.717) is 24.6 Å². The molecule has 0 radical (unpaired) electrons. The second-order valence-electron chi connectivity index (χ2n) is 10.3. The van der Waals surface area contributed by atoms with Gasteiger partial charge in [0, 0.05) is 37.3 Å². The summed E-state index contributed by atoms with van der Waals surface area (Å²) in [7, 11) is -2.04. The van der Waals surface area contributed by atoms with Crippen molar-refractivity contribution in [3.63, 3.8) is 0 Å². The molecule has 0 bridgehead atoms. The number of hydrogen-bond donors (Lipinski definition) is 2. The molecular weight excluding hydrogens is 627 g/mol. The summed E-state index contributed by atoms with van der Waals surface area (Å²) >= 11 is 0. The molecule has 2 aliphatic rings. The average Bonchev–Trinajstić information content (AvgIpc) is 3.57. The van der Waals surface area contributed by atoms with E-state index in [9.17, 15) is 21.6 Å². The van der Waals surface area contributed by atoms with E-state index in [0.717, 1.165) is 58.1 Å². The van der Waals surface area contributed by atoms with E-state index >= 15 is 0 Å². The number of pyridine rings is 1. The van der Waals surface area contributed by atoms with Crippen molar-refractivity contribution in [3.8, 4) is 11.3 Å². The summed E-state index contributed by atoms with van der Waals surface area (Å²) in [5, 5.41) is 8.22. The van der Waals surface area contributed by atoms with E-state index in [4.69, 9.17) is 29.6 Å². The highest BCUT2D eigenvalue weighted by Crippen LogP contribution is 2.38. The van der Waals surface area contributed by atoms with Crippen LogP contribution in [0.2, 0.25) is 0 Å². The summed E-state index contributed by atoms with van der Waals surface area (Å²) in [5.41, 5.74) is 6.03. The molecule has 2 N–H and O–H groups in total. The van der Waals surface area contributed by atoms with E-state index in [1.165, 1.54) is 11.4 Å². The summed E-state index contributed by atoms with van der Waals surface area (Å²) in [5.74, 6) is -1.97. The molecule has 2 aliphatic heterocycles. The van der Waals surface area contributed by atoms with E-state index in [2.05, 4.69) is 15.7 Å². The van der Waals surface area contributed by atoms with E-state index in [1.54, 1.807) is 6.07 Å². The monoisotopic (exact) mass is 653 g/mol. The third kappa shape index (κ3) is 6.16. The van der Waals surface area contributed by atoms with Gasteiger partial charge in [0.05, 0.1) is 53.4 Å². The van der Waals surface area contributed by atoms with Crippen LogP contribution in [0.3, 0.4) is 0 Å². The molecule has 0 atom stereocenters. The lowest BCUT2D eigenvalue weighted by atomic mass is 10.1. The highest BCUT2D eigenvalue weighted by Gasteiger charge is 2.38. The second-order valence-corrected chi connectivity index (χ2v) is 12.0. The number of carboxylic acid groups (broad SMARTS) is 1. The highest BCUT2D eigenvalue weighted by atomic mass is 32.2. The number of alkyl halides is 3. The Labute approximate surface area is 260 Å². The number of aromatic nitrogens is 4. The number of para-hydroxylation sites is 1. The van der Waals surface area contributed by atoms with Crippen LogP contribution in [0.25, 0.3) is 40.0 Å². The Kier molecular flexibility index (Phi) is 7.99. The van der Waals surface area contributed by atoms with Crippen molar-refractivity contribution < 1.29 is 36.2 Å². The molecule has 238 valence electrons. The van der Waals surface area contributed by atoms with Gasteiger partial charge in [-0.05, 0) is 36.4 Å². The van der Waals surface area contributed by atoms with Gasteiger partial charge < -0.3 is 14.7 Å². The van der Waals surface area contributed by atoms with Gasteiger partial charge in [-0.3, -0.25) is 13.4 Å². The number of nitrogens with zero attached hydrogens (tertiary/aromatic N) is 6. The number of aliphatic carboxylic acids is 1. The van der Waals surface area contributed by atoms with Gasteiger partial charge in [0.2, 0.25) is 0 Å². The number of carbonyl (C=O) groups is 1. The van der Waals surface area contributed by atoms with E-state index < -0.39 is 22.4 Å². The van der Waals surface area contributed by atoms with Gasteiger partial charge in [-0.1, -0.05) is 30.3 Å². The second kappa shape index (κ2) is 11.9. The number of imidazole rings is 1. The Balaban J connectivity index is 0.000000480. The van der Waals surface area contributed by atoms with Gasteiger partial charge in [0.25, 0.3) is 0 Å². The van der Waals surface area contributed by atoms with Gasteiger partial charge in [0.1, 0.15) is 0 Å². The predicted molar refractivity (Wildman–Crippen MR) is 167 cm³/mol. The van der Waals surface area contributed by atoms with Crippen molar-refractivity contribution >= 4 is 62.1 Å². The smallest absolute Gasteiger partial charge is 0.475 e. The van der Waals surface area contributed by atoms with Crippen LogP contribution in [0.4, 0.5) is 30.4 Å². The number of nitrogens with one attached hydrogen (secondary N) is 1. The number of ether oxygens (including phenoxy) is 1. The zero-order chi connectivity index (χ0) is 32.6. The number of anilines is 3. The lowest BCUT2D eigenvalue weighted by Crippen LogP contribution is -2.37. The number of carboxylic acids is 1. The third-order valence-electron chi connectivity index (χ3n) is 7.32. The number of halogens is 3. The molecule has 12 nitrogen and oxygen atoms in total. The molecule has 2 aromatic carbocycles. The predicted octanol–water partition coefficient (Wildman–Crippen LogP) is 4.69. The first kappa shape index (κ1) is 30.8. The summed E-state index contributed by atoms with van der Waals surface area (Å²) in [6, 6.07) is 17.6. The topological polar surface area (TPSA) is 142 Å². The Morgan fingerprint density at radius 1 is 1.02 bits per heavy atom. The molecule has 0 saturated carbocycles. The summed E-state index contributed by atoms with van der Waals surface area (Å²) in [6.07, 6.45) is 2.61. The Morgan fingerprint density at radius 3 is 2.48 bits per heavy atom. The third-order valence-corrected chi connectivity index (χ3v) is 8.72. The maximum absolute atomic E-state index is 12.3. The van der Waals surface area contributed by atoms with Gasteiger partial charge in [0.15, 0.2) is 11.5 Å². The van der Waals surface area contributed by atoms with Crippen LogP contribution in [0.5, 0.6) is 0 Å². The number of morpholine rings is 1. The first-order valence-corrected chi connectivity index (χ1v) is 15.3. The van der Waals surface area contributed by atoms with Crippen LogP contribution in [0.15, 0.2) is 67.0 Å². The molecule has 0 spiro atoms. The Bertz CT molecular complexity index is 2090. The molecule has 0 aliphatic carbocycles. The zero-order valence-electron chi connectivity index (χ0n) is 24.1. The van der Waals surface area contributed by atoms with Gasteiger partial charge in [-0.15, -0.1) is 0 Å². The van der Waals surface area contributed by atoms with E-state index in [-0.39, 0.29) is 0 Å². The lowest BCUT2D eigenvalue weighted by molar-refractivity contribution is -0.192. The van der Waals surface area contributed by atoms with Crippen LogP contribution < -0.4 is 13.9 Å². The number of hydrogen-bond acceptors (Lipinski definition) is 8. The number of fused-ring (bicyclic) bond motifs is 3. The minimum absolute atomic E-state index is 0.549. The van der Waals surface area contributed by atoms with Crippen molar-refractivity contribution in [1.82, 2.24) is 19.4 Å². The maximum Gasteiger partial charge on any atom is 0.490 e. The fraction of sp³-hybridized carbons (Fsp3) is 0.200.